The summed E-state index contributed by atoms with van der Waals surface area (Å²) in [5.74, 6) is 1.04. The van der Waals surface area contributed by atoms with Gasteiger partial charge in [-0.1, -0.05) is 0 Å². The first-order valence-electron chi connectivity index (χ1n) is 6.43. The van der Waals surface area contributed by atoms with Crippen molar-refractivity contribution in [1.29, 1.82) is 0 Å². The Kier molecular flexibility index (Phi) is 3.20. The van der Waals surface area contributed by atoms with Gasteiger partial charge in [0.05, 0.1) is 12.2 Å². The molecule has 19 heavy (non-hydrogen) atoms. The summed E-state index contributed by atoms with van der Waals surface area (Å²) < 4.78 is 0.574. The number of H-pyrrole nitrogens is 2. The summed E-state index contributed by atoms with van der Waals surface area (Å²) in [6.07, 6.45) is 2.87. The van der Waals surface area contributed by atoms with E-state index in [1.165, 1.54) is 11.3 Å². The largest absolute Gasteiger partial charge is 0.345 e. The van der Waals surface area contributed by atoms with Crippen molar-refractivity contribution in [3.63, 3.8) is 0 Å². The van der Waals surface area contributed by atoms with Crippen LogP contribution >= 0.6 is 12.2 Å². The van der Waals surface area contributed by atoms with E-state index in [1.54, 1.807) is 0 Å². The van der Waals surface area contributed by atoms with E-state index >= 15 is 0 Å². The van der Waals surface area contributed by atoms with Gasteiger partial charge in [-0.15, -0.1) is 0 Å². The number of nitrogens with zero attached hydrogens (tertiary/aromatic N) is 3. The molecule has 100 valence electrons. The molecular formula is C13H17N5S. The molecule has 3 heterocycles. The molecule has 0 spiro atoms. The molecular weight excluding hydrogens is 258 g/mol. The molecule has 1 aliphatic heterocycles. The van der Waals surface area contributed by atoms with Gasteiger partial charge in [0.2, 0.25) is 0 Å². The summed E-state index contributed by atoms with van der Waals surface area (Å²) >= 11 is 5.05. The van der Waals surface area contributed by atoms with Crippen LogP contribution in [0.2, 0.25) is 0 Å². The quantitative estimate of drug-likeness (QED) is 0.823. The maximum Gasteiger partial charge on any atom is 0.196 e. The van der Waals surface area contributed by atoms with E-state index in [-0.39, 0.29) is 0 Å². The number of rotatable bonds is 2. The summed E-state index contributed by atoms with van der Waals surface area (Å²) in [6, 6.07) is 0. The van der Waals surface area contributed by atoms with Crippen molar-refractivity contribution in [2.45, 2.75) is 33.4 Å². The molecule has 0 atom stereocenters. The van der Waals surface area contributed by atoms with Gasteiger partial charge in [-0.05, 0) is 26.1 Å². The van der Waals surface area contributed by atoms with E-state index in [4.69, 9.17) is 12.2 Å². The second-order valence-corrected chi connectivity index (χ2v) is 5.43. The smallest absolute Gasteiger partial charge is 0.196 e. The number of fused-ring (bicyclic) bond motifs is 1. The molecule has 0 unspecified atom stereocenters. The Morgan fingerprint density at radius 1 is 1.37 bits per heavy atom. The molecule has 0 amide bonds. The Morgan fingerprint density at radius 3 is 2.95 bits per heavy atom. The molecule has 5 nitrogen and oxygen atoms in total. The van der Waals surface area contributed by atoms with E-state index in [9.17, 15) is 0 Å². The van der Waals surface area contributed by atoms with E-state index in [0.29, 0.717) is 4.77 Å². The molecule has 0 fully saturated rings. The number of imidazole rings is 1. The average molecular weight is 275 g/mol. The van der Waals surface area contributed by atoms with E-state index in [0.717, 1.165) is 43.3 Å². The Balaban J connectivity index is 1.75. The van der Waals surface area contributed by atoms with Crippen LogP contribution in [0.3, 0.4) is 0 Å². The first kappa shape index (κ1) is 12.5. The third-order valence-electron chi connectivity index (χ3n) is 3.61. The summed E-state index contributed by atoms with van der Waals surface area (Å²) in [6.45, 7) is 6.85. The van der Waals surface area contributed by atoms with Crippen molar-refractivity contribution in [3.05, 3.63) is 39.4 Å². The van der Waals surface area contributed by atoms with Crippen LogP contribution in [0.1, 0.15) is 28.5 Å². The van der Waals surface area contributed by atoms with Crippen molar-refractivity contribution in [2.75, 3.05) is 6.54 Å². The van der Waals surface area contributed by atoms with Gasteiger partial charge in [0.25, 0.3) is 0 Å². The molecule has 2 aromatic rings. The predicted molar refractivity (Wildman–Crippen MR) is 75.3 cm³/mol. The van der Waals surface area contributed by atoms with Gasteiger partial charge < -0.3 is 9.97 Å². The van der Waals surface area contributed by atoms with Crippen LogP contribution in [0.25, 0.3) is 0 Å². The average Bonchev–Trinajstić information content (AvgIpc) is 2.68. The van der Waals surface area contributed by atoms with Gasteiger partial charge in [0.1, 0.15) is 5.82 Å². The van der Waals surface area contributed by atoms with Crippen molar-refractivity contribution < 1.29 is 0 Å². The highest BCUT2D eigenvalue weighted by atomic mass is 32.1. The van der Waals surface area contributed by atoms with Gasteiger partial charge in [-0.25, -0.2) is 9.97 Å². The Morgan fingerprint density at radius 2 is 2.21 bits per heavy atom. The number of hydrogen-bond donors (Lipinski definition) is 2. The second kappa shape index (κ2) is 4.86. The molecule has 2 N–H and O–H groups in total. The lowest BCUT2D eigenvalue weighted by Crippen LogP contribution is -2.31. The predicted octanol–water partition coefficient (Wildman–Crippen LogP) is 2.04. The molecule has 0 saturated heterocycles. The zero-order valence-electron chi connectivity index (χ0n) is 11.2. The number of aromatic nitrogens is 4. The Bertz CT molecular complexity index is 638. The minimum absolute atomic E-state index is 0.574. The highest BCUT2D eigenvalue weighted by Gasteiger charge is 2.18. The molecule has 0 aliphatic carbocycles. The Labute approximate surface area is 117 Å². The number of hydrogen-bond acceptors (Lipinski definition) is 4. The summed E-state index contributed by atoms with van der Waals surface area (Å²) in [5.41, 5.74) is 4.69. The van der Waals surface area contributed by atoms with Gasteiger partial charge >= 0.3 is 0 Å². The highest BCUT2D eigenvalue weighted by molar-refractivity contribution is 7.71. The van der Waals surface area contributed by atoms with Crippen LogP contribution in [0.5, 0.6) is 0 Å². The van der Waals surface area contributed by atoms with Crippen molar-refractivity contribution in [3.8, 4) is 0 Å². The maximum atomic E-state index is 5.05. The monoisotopic (exact) mass is 275 g/mol. The maximum absolute atomic E-state index is 5.05. The molecule has 0 bridgehead atoms. The lowest BCUT2D eigenvalue weighted by molar-refractivity contribution is 0.237. The standard InChI is InChI=1S/C13H17N5S/c1-8-9(2)16-12(15-8)7-18-4-3-11-10(6-18)5-14-13(19)17-11/h5H,3-4,6-7H2,1-2H3,(H,15,16)(H,14,17,19). The van der Waals surface area contributed by atoms with Crippen molar-refractivity contribution in [2.24, 2.45) is 0 Å². The SMILES string of the molecule is Cc1nc(CN2CCc3[nH]c(=S)ncc3C2)[nH]c1C. The minimum atomic E-state index is 0.574. The van der Waals surface area contributed by atoms with Crippen LogP contribution in [0, 0.1) is 18.6 Å². The lowest BCUT2D eigenvalue weighted by atomic mass is 10.1. The van der Waals surface area contributed by atoms with Crippen molar-refractivity contribution in [1.82, 2.24) is 24.8 Å². The summed E-state index contributed by atoms with van der Waals surface area (Å²) in [4.78, 5) is 17.6. The van der Waals surface area contributed by atoms with Crippen LogP contribution in [-0.2, 0) is 19.5 Å². The van der Waals surface area contributed by atoms with Gasteiger partial charge in [0, 0.05) is 42.7 Å². The second-order valence-electron chi connectivity index (χ2n) is 5.05. The molecule has 0 aromatic carbocycles. The third-order valence-corrected chi connectivity index (χ3v) is 3.81. The molecule has 0 saturated carbocycles. The van der Waals surface area contributed by atoms with Crippen LogP contribution in [0.4, 0.5) is 0 Å². The molecule has 0 radical (unpaired) electrons. The molecule has 2 aromatic heterocycles. The zero-order valence-corrected chi connectivity index (χ0v) is 12.0. The zero-order chi connectivity index (χ0) is 13.4. The number of aryl methyl sites for hydroxylation is 2. The molecule has 1 aliphatic rings. The van der Waals surface area contributed by atoms with Gasteiger partial charge in [-0.3, -0.25) is 4.90 Å². The van der Waals surface area contributed by atoms with Crippen LogP contribution in [0.15, 0.2) is 6.20 Å². The number of nitrogens with one attached hydrogen (secondary N) is 2. The van der Waals surface area contributed by atoms with Gasteiger partial charge in [-0.2, -0.15) is 0 Å². The van der Waals surface area contributed by atoms with Crippen LogP contribution in [-0.4, -0.2) is 31.4 Å². The highest BCUT2D eigenvalue weighted by Crippen LogP contribution is 2.17. The number of aromatic amines is 2. The van der Waals surface area contributed by atoms with Gasteiger partial charge in [0.15, 0.2) is 4.77 Å². The van der Waals surface area contributed by atoms with Crippen molar-refractivity contribution >= 4 is 12.2 Å². The third kappa shape index (κ3) is 2.59. The summed E-state index contributed by atoms with van der Waals surface area (Å²) in [5, 5.41) is 0. The van der Waals surface area contributed by atoms with E-state index in [1.807, 2.05) is 13.1 Å². The van der Waals surface area contributed by atoms with Crippen LogP contribution < -0.4 is 0 Å². The van der Waals surface area contributed by atoms with E-state index < -0.39 is 0 Å². The lowest BCUT2D eigenvalue weighted by Gasteiger charge is -2.27. The first-order chi connectivity index (χ1) is 9.11. The fourth-order valence-electron chi connectivity index (χ4n) is 2.45. The fourth-order valence-corrected chi connectivity index (χ4v) is 2.62. The molecule has 6 heteroatoms. The summed E-state index contributed by atoms with van der Waals surface area (Å²) in [7, 11) is 0. The molecule has 3 rings (SSSR count). The topological polar surface area (TPSA) is 60.6 Å². The normalized spacial score (nSPS) is 15.5. The first-order valence-corrected chi connectivity index (χ1v) is 6.84. The fraction of sp³-hybridized carbons (Fsp3) is 0.462. The Hall–Kier alpha value is -1.53. The minimum Gasteiger partial charge on any atom is -0.345 e. The van der Waals surface area contributed by atoms with E-state index in [2.05, 4.69) is 31.8 Å².